The standard InChI is InChI=1S/C17H15F2NO3/c1-22-15-11-12(7-9-14(15)23-17(18)19)8-10-16(21)20-13-5-3-2-4-6-13/h2-11,17H,1H3,(H,20,21)/b10-8+. The summed E-state index contributed by atoms with van der Waals surface area (Å²) in [6, 6.07) is 13.4. The summed E-state index contributed by atoms with van der Waals surface area (Å²) in [7, 11) is 1.35. The van der Waals surface area contributed by atoms with Crippen molar-refractivity contribution in [1.29, 1.82) is 0 Å². The van der Waals surface area contributed by atoms with Crippen LogP contribution in [-0.2, 0) is 4.79 Å². The van der Waals surface area contributed by atoms with E-state index in [9.17, 15) is 13.6 Å². The van der Waals surface area contributed by atoms with Gasteiger partial charge >= 0.3 is 6.61 Å². The van der Waals surface area contributed by atoms with Crippen molar-refractivity contribution >= 4 is 17.7 Å². The highest BCUT2D eigenvalue weighted by Crippen LogP contribution is 2.29. The van der Waals surface area contributed by atoms with Gasteiger partial charge in [0.1, 0.15) is 0 Å². The molecule has 0 unspecified atom stereocenters. The third kappa shape index (κ3) is 5.10. The van der Waals surface area contributed by atoms with E-state index < -0.39 is 6.61 Å². The predicted molar refractivity (Wildman–Crippen MR) is 83.7 cm³/mol. The number of carbonyl (C=O) groups is 1. The molecule has 0 saturated heterocycles. The molecule has 0 radical (unpaired) electrons. The minimum atomic E-state index is -2.93. The van der Waals surface area contributed by atoms with Gasteiger partial charge in [-0.15, -0.1) is 0 Å². The van der Waals surface area contributed by atoms with Crippen LogP contribution in [-0.4, -0.2) is 19.6 Å². The molecule has 2 rings (SSSR count). The summed E-state index contributed by atoms with van der Waals surface area (Å²) in [5.41, 5.74) is 1.30. The SMILES string of the molecule is COc1cc(/C=C/C(=O)Nc2ccccc2)ccc1OC(F)F. The first-order chi connectivity index (χ1) is 11.1. The molecule has 0 atom stereocenters. The Balaban J connectivity index is 2.05. The Hall–Kier alpha value is -2.89. The molecule has 0 saturated carbocycles. The molecule has 0 aliphatic heterocycles. The zero-order valence-corrected chi connectivity index (χ0v) is 12.3. The first kappa shape index (κ1) is 16.5. The minimum Gasteiger partial charge on any atom is -0.493 e. The van der Waals surface area contributed by atoms with Crippen LogP contribution in [0, 0.1) is 0 Å². The van der Waals surface area contributed by atoms with Crippen molar-refractivity contribution in [2.45, 2.75) is 6.61 Å². The maximum atomic E-state index is 12.3. The van der Waals surface area contributed by atoms with Gasteiger partial charge in [-0.2, -0.15) is 8.78 Å². The van der Waals surface area contributed by atoms with Crippen LogP contribution in [0.5, 0.6) is 11.5 Å². The number of halogens is 2. The Morgan fingerprint density at radius 3 is 2.52 bits per heavy atom. The van der Waals surface area contributed by atoms with Crippen molar-refractivity contribution < 1.29 is 23.0 Å². The average molecular weight is 319 g/mol. The number of benzene rings is 2. The molecule has 1 N–H and O–H groups in total. The number of alkyl halides is 2. The Kier molecular flexibility index (Phi) is 5.68. The summed E-state index contributed by atoms with van der Waals surface area (Å²) >= 11 is 0. The van der Waals surface area contributed by atoms with Crippen molar-refractivity contribution in [3.8, 4) is 11.5 Å². The monoisotopic (exact) mass is 319 g/mol. The van der Waals surface area contributed by atoms with Gasteiger partial charge in [-0.05, 0) is 35.9 Å². The quantitative estimate of drug-likeness (QED) is 0.820. The third-order valence-corrected chi connectivity index (χ3v) is 2.87. The fourth-order valence-corrected chi connectivity index (χ4v) is 1.86. The van der Waals surface area contributed by atoms with Crippen molar-refractivity contribution in [3.05, 3.63) is 60.2 Å². The van der Waals surface area contributed by atoms with E-state index in [1.54, 1.807) is 24.3 Å². The van der Waals surface area contributed by atoms with E-state index in [0.717, 1.165) is 0 Å². The molecule has 6 heteroatoms. The highest BCUT2D eigenvalue weighted by Gasteiger charge is 2.10. The van der Waals surface area contributed by atoms with Crippen LogP contribution in [0.3, 0.4) is 0 Å². The number of anilines is 1. The lowest BCUT2D eigenvalue weighted by Gasteiger charge is -2.10. The van der Waals surface area contributed by atoms with Gasteiger partial charge < -0.3 is 14.8 Å². The van der Waals surface area contributed by atoms with Gasteiger partial charge in [0, 0.05) is 11.8 Å². The Morgan fingerprint density at radius 1 is 1.13 bits per heavy atom. The van der Waals surface area contributed by atoms with Crippen LogP contribution >= 0.6 is 0 Å². The second kappa shape index (κ2) is 7.93. The number of hydrogen-bond acceptors (Lipinski definition) is 3. The highest BCUT2D eigenvalue weighted by molar-refractivity contribution is 6.01. The number of hydrogen-bond donors (Lipinski definition) is 1. The second-order valence-corrected chi connectivity index (χ2v) is 4.48. The number of rotatable bonds is 6. The van der Waals surface area contributed by atoms with Crippen LogP contribution in [0.25, 0.3) is 6.08 Å². The molecular weight excluding hydrogens is 304 g/mol. The summed E-state index contributed by atoms with van der Waals surface area (Å²) in [5.74, 6) is -0.202. The van der Waals surface area contributed by atoms with E-state index in [4.69, 9.17) is 4.74 Å². The Morgan fingerprint density at radius 2 is 1.87 bits per heavy atom. The summed E-state index contributed by atoms with van der Waals surface area (Å²) < 4.78 is 33.8. The van der Waals surface area contributed by atoms with Crippen LogP contribution < -0.4 is 14.8 Å². The number of amides is 1. The van der Waals surface area contributed by atoms with Gasteiger partial charge in [0.2, 0.25) is 5.91 Å². The lowest BCUT2D eigenvalue weighted by Crippen LogP contribution is -2.07. The molecule has 0 aliphatic carbocycles. The van der Waals surface area contributed by atoms with E-state index in [1.807, 2.05) is 18.2 Å². The zero-order chi connectivity index (χ0) is 16.7. The van der Waals surface area contributed by atoms with Crippen LogP contribution in [0.15, 0.2) is 54.6 Å². The maximum absolute atomic E-state index is 12.3. The molecule has 1 amide bonds. The summed E-state index contributed by atoms with van der Waals surface area (Å²) in [5, 5.41) is 2.70. The molecule has 120 valence electrons. The number of carbonyl (C=O) groups excluding carboxylic acids is 1. The molecule has 0 heterocycles. The van der Waals surface area contributed by atoms with Crippen molar-refractivity contribution in [2.24, 2.45) is 0 Å². The summed E-state index contributed by atoms with van der Waals surface area (Å²) in [4.78, 5) is 11.8. The van der Waals surface area contributed by atoms with Gasteiger partial charge in [-0.3, -0.25) is 4.79 Å². The molecule has 4 nitrogen and oxygen atoms in total. The van der Waals surface area contributed by atoms with Gasteiger partial charge in [-0.25, -0.2) is 0 Å². The van der Waals surface area contributed by atoms with Gasteiger partial charge in [0.25, 0.3) is 0 Å². The lowest BCUT2D eigenvalue weighted by molar-refractivity contribution is -0.111. The normalized spacial score (nSPS) is 10.8. The van der Waals surface area contributed by atoms with Crippen LogP contribution in [0.4, 0.5) is 14.5 Å². The maximum Gasteiger partial charge on any atom is 0.387 e. The van der Waals surface area contributed by atoms with Crippen molar-refractivity contribution in [2.75, 3.05) is 12.4 Å². The molecule has 0 spiro atoms. The molecule has 2 aromatic carbocycles. The molecule has 2 aromatic rings. The fraction of sp³-hybridized carbons (Fsp3) is 0.118. The summed E-state index contributed by atoms with van der Waals surface area (Å²) in [6.45, 7) is -2.93. The van der Waals surface area contributed by atoms with Crippen LogP contribution in [0.2, 0.25) is 0 Å². The average Bonchev–Trinajstić information content (AvgIpc) is 2.54. The third-order valence-electron chi connectivity index (χ3n) is 2.87. The van der Waals surface area contributed by atoms with E-state index in [1.165, 1.54) is 25.3 Å². The van der Waals surface area contributed by atoms with Gasteiger partial charge in [-0.1, -0.05) is 24.3 Å². The Bertz CT molecular complexity index is 687. The smallest absolute Gasteiger partial charge is 0.387 e. The second-order valence-electron chi connectivity index (χ2n) is 4.48. The largest absolute Gasteiger partial charge is 0.493 e. The van der Waals surface area contributed by atoms with Crippen LogP contribution in [0.1, 0.15) is 5.56 Å². The molecule has 23 heavy (non-hydrogen) atoms. The van der Waals surface area contributed by atoms with E-state index in [-0.39, 0.29) is 17.4 Å². The number of nitrogens with one attached hydrogen (secondary N) is 1. The van der Waals surface area contributed by atoms with Gasteiger partial charge in [0.15, 0.2) is 11.5 Å². The predicted octanol–water partition coefficient (Wildman–Crippen LogP) is 3.95. The molecule has 0 bridgehead atoms. The van der Waals surface area contributed by atoms with E-state index >= 15 is 0 Å². The topological polar surface area (TPSA) is 47.6 Å². The van der Waals surface area contributed by atoms with Gasteiger partial charge in [0.05, 0.1) is 7.11 Å². The minimum absolute atomic E-state index is 0.0617. The zero-order valence-electron chi connectivity index (χ0n) is 12.3. The fourth-order valence-electron chi connectivity index (χ4n) is 1.86. The Labute approximate surface area is 132 Å². The first-order valence-electron chi connectivity index (χ1n) is 6.75. The number of ether oxygens (including phenoxy) is 2. The lowest BCUT2D eigenvalue weighted by atomic mass is 10.2. The van der Waals surface area contributed by atoms with E-state index in [0.29, 0.717) is 11.3 Å². The molecular formula is C17H15F2NO3. The van der Waals surface area contributed by atoms with Crippen molar-refractivity contribution in [1.82, 2.24) is 0 Å². The highest BCUT2D eigenvalue weighted by atomic mass is 19.3. The van der Waals surface area contributed by atoms with Crippen molar-refractivity contribution in [3.63, 3.8) is 0 Å². The molecule has 0 fully saturated rings. The number of para-hydroxylation sites is 1. The van der Waals surface area contributed by atoms with E-state index in [2.05, 4.69) is 10.1 Å². The summed E-state index contributed by atoms with van der Waals surface area (Å²) in [6.07, 6.45) is 2.89. The molecule has 0 aromatic heterocycles. The molecule has 0 aliphatic rings. The number of methoxy groups -OCH3 is 1. The first-order valence-corrected chi connectivity index (χ1v) is 6.75.